The first-order chi connectivity index (χ1) is 11.7. The van der Waals surface area contributed by atoms with Crippen molar-refractivity contribution in [3.05, 3.63) is 57.3 Å². The molecule has 0 saturated carbocycles. The Kier molecular flexibility index (Phi) is 5.82. The number of aromatic nitrogens is 1. The van der Waals surface area contributed by atoms with Crippen LogP contribution in [0.15, 0.2) is 52.1 Å². The van der Waals surface area contributed by atoms with Crippen LogP contribution in [0, 0.1) is 10.1 Å². The van der Waals surface area contributed by atoms with Gasteiger partial charge in [-0.15, -0.1) is 0 Å². The van der Waals surface area contributed by atoms with Crippen LogP contribution in [-0.2, 0) is 14.8 Å². The van der Waals surface area contributed by atoms with Gasteiger partial charge in [0.15, 0.2) is 0 Å². The second-order valence-electron chi connectivity index (χ2n) is 4.91. The van der Waals surface area contributed by atoms with Crippen molar-refractivity contribution in [1.29, 1.82) is 0 Å². The second-order valence-corrected chi connectivity index (χ2v) is 7.87. The molecular weight excluding hydrogens is 416 g/mol. The van der Waals surface area contributed by atoms with Gasteiger partial charge in [0.05, 0.1) is 16.4 Å². The molecule has 1 heterocycles. The maximum absolute atomic E-state index is 12.4. The Labute approximate surface area is 152 Å². The lowest BCUT2D eigenvalue weighted by Gasteiger charge is -2.17. The Morgan fingerprint density at radius 2 is 1.96 bits per heavy atom. The lowest BCUT2D eigenvalue weighted by molar-refractivity contribution is -0.384. The van der Waals surface area contributed by atoms with E-state index in [1.807, 2.05) is 0 Å². The molecule has 1 amide bonds. The Hall–Kier alpha value is -2.37. The van der Waals surface area contributed by atoms with Gasteiger partial charge in [-0.3, -0.25) is 19.9 Å². The molecule has 132 valence electrons. The number of carbonyl (C=O) groups is 1. The zero-order valence-electron chi connectivity index (χ0n) is 12.9. The summed E-state index contributed by atoms with van der Waals surface area (Å²) in [7, 11) is -2.62. The van der Waals surface area contributed by atoms with E-state index in [0.29, 0.717) is 0 Å². The van der Waals surface area contributed by atoms with Crippen molar-refractivity contribution in [2.75, 3.05) is 18.9 Å². The van der Waals surface area contributed by atoms with Crippen molar-refractivity contribution in [3.63, 3.8) is 0 Å². The number of likely N-dealkylation sites (N-methyl/N-ethyl adjacent to an activating group) is 1. The molecule has 0 unspecified atom stereocenters. The van der Waals surface area contributed by atoms with Crippen LogP contribution in [-0.4, -0.2) is 42.1 Å². The number of rotatable bonds is 6. The fraction of sp³-hybridized carbons (Fsp3) is 0.143. The number of halogens is 1. The molecule has 0 aliphatic carbocycles. The number of benzene rings is 1. The summed E-state index contributed by atoms with van der Waals surface area (Å²) in [6, 6.07) is 7.21. The molecule has 25 heavy (non-hydrogen) atoms. The van der Waals surface area contributed by atoms with Gasteiger partial charge in [0.2, 0.25) is 15.9 Å². The van der Waals surface area contributed by atoms with E-state index in [1.165, 1.54) is 31.4 Å². The van der Waals surface area contributed by atoms with Crippen LogP contribution >= 0.6 is 15.9 Å². The molecule has 1 aromatic carbocycles. The topological polar surface area (TPSA) is 123 Å². The molecule has 1 aromatic heterocycles. The molecule has 9 nitrogen and oxygen atoms in total. The summed E-state index contributed by atoms with van der Waals surface area (Å²) in [5.74, 6) is -0.711. The van der Waals surface area contributed by atoms with Crippen LogP contribution in [0.4, 0.5) is 11.4 Å². The van der Waals surface area contributed by atoms with Gasteiger partial charge in [-0.05, 0) is 30.3 Å². The van der Waals surface area contributed by atoms with Crippen LogP contribution in [0.2, 0.25) is 0 Å². The lowest BCUT2D eigenvalue weighted by atomic mass is 10.3. The average molecular weight is 429 g/mol. The summed E-state index contributed by atoms with van der Waals surface area (Å²) in [6.45, 7) is -0.502. The highest BCUT2D eigenvalue weighted by Gasteiger charge is 2.24. The molecule has 2 aromatic rings. The second kappa shape index (κ2) is 7.68. The number of hydrogen-bond acceptors (Lipinski definition) is 6. The van der Waals surface area contributed by atoms with Gasteiger partial charge in [0.25, 0.3) is 0 Å². The molecule has 0 atom stereocenters. The normalized spacial score (nSPS) is 11.3. The lowest BCUT2D eigenvalue weighted by Crippen LogP contribution is -2.35. The third kappa shape index (κ3) is 4.59. The van der Waals surface area contributed by atoms with Gasteiger partial charge in [0, 0.05) is 17.7 Å². The predicted octanol–water partition coefficient (Wildman–Crippen LogP) is 2.01. The fourth-order valence-corrected chi connectivity index (χ4v) is 3.29. The summed E-state index contributed by atoms with van der Waals surface area (Å²) in [4.78, 5) is 25.9. The fourth-order valence-electron chi connectivity index (χ4n) is 1.90. The largest absolute Gasteiger partial charge is 0.319 e. The van der Waals surface area contributed by atoms with Gasteiger partial charge < -0.3 is 5.32 Å². The molecule has 0 radical (unpaired) electrons. The predicted molar refractivity (Wildman–Crippen MR) is 93.5 cm³/mol. The summed E-state index contributed by atoms with van der Waals surface area (Å²) in [6.07, 6.45) is 2.28. The number of amides is 1. The molecule has 1 N–H and O–H groups in total. The third-order valence-electron chi connectivity index (χ3n) is 3.16. The van der Waals surface area contributed by atoms with Gasteiger partial charge in [0.1, 0.15) is 11.9 Å². The highest BCUT2D eigenvalue weighted by molar-refractivity contribution is 9.10. The molecule has 11 heteroatoms. The molecule has 0 fully saturated rings. The van der Waals surface area contributed by atoms with E-state index in [0.717, 1.165) is 15.0 Å². The van der Waals surface area contributed by atoms with Gasteiger partial charge in [-0.1, -0.05) is 15.9 Å². The van der Waals surface area contributed by atoms with E-state index in [2.05, 4.69) is 26.2 Å². The quantitative estimate of drug-likeness (QED) is 0.554. The third-order valence-corrected chi connectivity index (χ3v) is 5.51. The smallest absolute Gasteiger partial charge is 0.310 e. The standard InChI is InChI=1S/C14H13BrN4O5S/c1-18(25(23,24)11-4-2-10(15)3-5-11)9-14(20)17-12-6-7-16-8-13(12)19(21)22/h2-8H,9H2,1H3,(H,16,17,20). The first-order valence-corrected chi connectivity index (χ1v) is 9.05. The minimum absolute atomic E-state index is 0.0286. The molecular formula is C14H13BrN4O5S. The monoisotopic (exact) mass is 428 g/mol. The average Bonchev–Trinajstić information content (AvgIpc) is 2.55. The van der Waals surface area contributed by atoms with E-state index in [1.54, 1.807) is 12.1 Å². The zero-order chi connectivity index (χ0) is 18.6. The number of nitrogens with one attached hydrogen (secondary N) is 1. The van der Waals surface area contributed by atoms with Crippen molar-refractivity contribution in [1.82, 2.24) is 9.29 Å². The zero-order valence-corrected chi connectivity index (χ0v) is 15.3. The van der Waals surface area contributed by atoms with E-state index in [9.17, 15) is 23.3 Å². The van der Waals surface area contributed by atoms with E-state index in [4.69, 9.17) is 0 Å². The van der Waals surface area contributed by atoms with Crippen LogP contribution in [0.3, 0.4) is 0 Å². The van der Waals surface area contributed by atoms with Crippen molar-refractivity contribution in [2.24, 2.45) is 0 Å². The number of sulfonamides is 1. The number of nitro groups is 1. The van der Waals surface area contributed by atoms with Gasteiger partial charge >= 0.3 is 5.69 Å². The van der Waals surface area contributed by atoms with Gasteiger partial charge in [-0.25, -0.2) is 8.42 Å². The number of carbonyl (C=O) groups excluding carboxylic acids is 1. The Bertz CT molecular complexity index is 902. The van der Waals surface area contributed by atoms with Crippen molar-refractivity contribution in [3.8, 4) is 0 Å². The Balaban J connectivity index is 2.12. The van der Waals surface area contributed by atoms with Crippen molar-refractivity contribution < 1.29 is 18.1 Å². The van der Waals surface area contributed by atoms with Crippen LogP contribution < -0.4 is 5.32 Å². The Morgan fingerprint density at radius 1 is 1.32 bits per heavy atom. The molecule has 0 spiro atoms. The van der Waals surface area contributed by atoms with E-state index in [-0.39, 0.29) is 16.3 Å². The summed E-state index contributed by atoms with van der Waals surface area (Å²) in [5, 5.41) is 13.2. The van der Waals surface area contributed by atoms with E-state index < -0.39 is 27.4 Å². The number of nitrogens with zero attached hydrogens (tertiary/aromatic N) is 3. The summed E-state index contributed by atoms with van der Waals surface area (Å²) in [5.41, 5.74) is -0.436. The van der Waals surface area contributed by atoms with Crippen LogP contribution in [0.25, 0.3) is 0 Å². The van der Waals surface area contributed by atoms with Crippen LogP contribution in [0.5, 0.6) is 0 Å². The van der Waals surface area contributed by atoms with Crippen LogP contribution in [0.1, 0.15) is 0 Å². The SMILES string of the molecule is CN(CC(=O)Nc1ccncc1[N+](=O)[O-])S(=O)(=O)c1ccc(Br)cc1. The molecule has 2 rings (SSSR count). The maximum Gasteiger partial charge on any atom is 0.310 e. The summed E-state index contributed by atoms with van der Waals surface area (Å²) < 4.78 is 26.4. The van der Waals surface area contributed by atoms with Crippen molar-refractivity contribution >= 4 is 43.2 Å². The number of hydrogen-bond donors (Lipinski definition) is 1. The Morgan fingerprint density at radius 3 is 2.56 bits per heavy atom. The summed E-state index contributed by atoms with van der Waals surface area (Å²) >= 11 is 3.21. The first kappa shape index (κ1) is 19.0. The first-order valence-electron chi connectivity index (χ1n) is 6.82. The number of pyridine rings is 1. The molecule has 0 bridgehead atoms. The highest BCUT2D eigenvalue weighted by atomic mass is 79.9. The molecule has 0 aliphatic rings. The minimum atomic E-state index is -3.86. The highest BCUT2D eigenvalue weighted by Crippen LogP contribution is 2.22. The molecule has 0 saturated heterocycles. The molecule has 0 aliphatic heterocycles. The van der Waals surface area contributed by atoms with Crippen molar-refractivity contribution in [2.45, 2.75) is 4.90 Å². The number of anilines is 1. The maximum atomic E-state index is 12.4. The van der Waals surface area contributed by atoms with E-state index >= 15 is 0 Å². The van der Waals surface area contributed by atoms with Gasteiger partial charge in [-0.2, -0.15) is 4.31 Å². The minimum Gasteiger partial charge on any atom is -0.319 e.